The largest absolute Gasteiger partial charge is 0.348 e. The van der Waals surface area contributed by atoms with Crippen LogP contribution in [0.15, 0.2) is 21.5 Å². The maximum atomic E-state index is 12.0. The lowest BCUT2D eigenvalue weighted by molar-refractivity contribution is 0.0919. The molecule has 2 heterocycles. The van der Waals surface area contributed by atoms with E-state index >= 15 is 0 Å². The first-order valence-corrected chi connectivity index (χ1v) is 6.79. The Morgan fingerprint density at radius 1 is 1.56 bits per heavy atom. The molecule has 0 aliphatic carbocycles. The van der Waals surface area contributed by atoms with Gasteiger partial charge in [0.15, 0.2) is 0 Å². The number of pyridine rings is 1. The van der Waals surface area contributed by atoms with E-state index in [4.69, 9.17) is 0 Å². The van der Waals surface area contributed by atoms with Gasteiger partial charge in [0.1, 0.15) is 0 Å². The topological polar surface area (TPSA) is 74.0 Å². The molecule has 1 fully saturated rings. The van der Waals surface area contributed by atoms with Gasteiger partial charge in [0, 0.05) is 18.3 Å². The molecular formula is C12H16BrN3O2. The third-order valence-corrected chi connectivity index (χ3v) is 3.79. The number of aromatic nitrogens is 1. The molecule has 5 nitrogen and oxygen atoms in total. The first-order valence-electron chi connectivity index (χ1n) is 6.00. The van der Waals surface area contributed by atoms with Crippen LogP contribution < -0.4 is 16.2 Å². The molecule has 0 radical (unpaired) electrons. The fraction of sp³-hybridized carbons (Fsp3) is 0.500. The Hall–Kier alpha value is -1.14. The number of piperidine rings is 1. The smallest absolute Gasteiger partial charge is 0.262 e. The third-order valence-electron chi connectivity index (χ3n) is 3.20. The Kier molecular flexibility index (Phi) is 4.19. The fourth-order valence-electron chi connectivity index (χ4n) is 2.08. The minimum Gasteiger partial charge on any atom is -0.348 e. The van der Waals surface area contributed by atoms with E-state index in [1.807, 2.05) is 0 Å². The Morgan fingerprint density at radius 3 is 3.00 bits per heavy atom. The van der Waals surface area contributed by atoms with Crippen molar-refractivity contribution in [2.75, 3.05) is 6.54 Å². The Bertz CT molecular complexity index is 500. The van der Waals surface area contributed by atoms with Crippen molar-refractivity contribution in [3.8, 4) is 0 Å². The molecular weight excluding hydrogens is 298 g/mol. The van der Waals surface area contributed by atoms with Crippen LogP contribution in [0.4, 0.5) is 0 Å². The maximum Gasteiger partial charge on any atom is 0.262 e. The molecule has 0 bridgehead atoms. The number of hydrogen-bond acceptors (Lipinski definition) is 3. The molecule has 3 N–H and O–H groups in total. The highest BCUT2D eigenvalue weighted by Crippen LogP contribution is 2.10. The van der Waals surface area contributed by atoms with Gasteiger partial charge < -0.3 is 15.6 Å². The molecule has 6 heteroatoms. The minimum atomic E-state index is -0.237. The second-order valence-electron chi connectivity index (χ2n) is 4.53. The predicted molar refractivity (Wildman–Crippen MR) is 72.7 cm³/mol. The van der Waals surface area contributed by atoms with Crippen LogP contribution in [0.5, 0.6) is 0 Å². The molecule has 1 amide bonds. The van der Waals surface area contributed by atoms with Crippen molar-refractivity contribution in [3.63, 3.8) is 0 Å². The summed E-state index contributed by atoms with van der Waals surface area (Å²) in [6.07, 6.45) is 3.47. The number of aromatic amines is 1. The Labute approximate surface area is 113 Å². The second-order valence-corrected chi connectivity index (χ2v) is 5.38. The van der Waals surface area contributed by atoms with Crippen LogP contribution in [0.1, 0.15) is 30.1 Å². The number of hydrogen-bond donors (Lipinski definition) is 3. The SMILES string of the molecule is CC1NCCCC1NC(=O)c1c[nH]c(=O)c(Br)c1. The van der Waals surface area contributed by atoms with Gasteiger partial charge in [0.2, 0.25) is 0 Å². The van der Waals surface area contributed by atoms with E-state index < -0.39 is 0 Å². The summed E-state index contributed by atoms with van der Waals surface area (Å²) in [5.41, 5.74) is 0.221. The zero-order valence-corrected chi connectivity index (χ0v) is 11.7. The monoisotopic (exact) mass is 313 g/mol. The highest BCUT2D eigenvalue weighted by molar-refractivity contribution is 9.10. The molecule has 1 saturated heterocycles. The molecule has 2 atom stereocenters. The number of rotatable bonds is 2. The van der Waals surface area contributed by atoms with Crippen molar-refractivity contribution in [1.29, 1.82) is 0 Å². The summed E-state index contributed by atoms with van der Waals surface area (Å²) in [7, 11) is 0. The normalized spacial score (nSPS) is 23.7. The van der Waals surface area contributed by atoms with Gasteiger partial charge in [-0.05, 0) is 48.3 Å². The summed E-state index contributed by atoms with van der Waals surface area (Å²) in [6, 6.07) is 1.94. The van der Waals surface area contributed by atoms with Crippen LogP contribution in [0.2, 0.25) is 0 Å². The van der Waals surface area contributed by atoms with Crippen LogP contribution in [0.25, 0.3) is 0 Å². The standard InChI is InChI=1S/C12H16BrN3O2/c1-7-10(3-2-4-14-7)16-11(17)8-5-9(13)12(18)15-6-8/h5-7,10,14H,2-4H2,1H3,(H,15,18)(H,16,17). The number of halogens is 1. The predicted octanol–water partition coefficient (Wildman–Crippen LogP) is 1.01. The van der Waals surface area contributed by atoms with Crippen LogP contribution in [-0.4, -0.2) is 29.5 Å². The van der Waals surface area contributed by atoms with Gasteiger partial charge in [-0.1, -0.05) is 0 Å². The summed E-state index contributed by atoms with van der Waals surface area (Å²) >= 11 is 3.12. The van der Waals surface area contributed by atoms with E-state index in [9.17, 15) is 9.59 Å². The van der Waals surface area contributed by atoms with Gasteiger partial charge in [-0.25, -0.2) is 0 Å². The summed E-state index contributed by atoms with van der Waals surface area (Å²) in [5.74, 6) is -0.160. The van der Waals surface area contributed by atoms with Gasteiger partial charge in [-0.3, -0.25) is 9.59 Å². The van der Waals surface area contributed by atoms with Crippen molar-refractivity contribution in [2.24, 2.45) is 0 Å². The van der Waals surface area contributed by atoms with Gasteiger partial charge >= 0.3 is 0 Å². The van der Waals surface area contributed by atoms with Gasteiger partial charge in [0.25, 0.3) is 11.5 Å². The molecule has 0 saturated carbocycles. The molecule has 1 aromatic rings. The third kappa shape index (κ3) is 3.00. The lowest BCUT2D eigenvalue weighted by Crippen LogP contribution is -2.51. The Morgan fingerprint density at radius 2 is 2.33 bits per heavy atom. The van der Waals surface area contributed by atoms with E-state index in [1.54, 1.807) is 0 Å². The van der Waals surface area contributed by atoms with Crippen molar-refractivity contribution >= 4 is 21.8 Å². The summed E-state index contributed by atoms with van der Waals surface area (Å²) in [6.45, 7) is 3.06. The molecule has 2 rings (SSSR count). The maximum absolute atomic E-state index is 12.0. The number of nitrogens with one attached hydrogen (secondary N) is 3. The minimum absolute atomic E-state index is 0.136. The molecule has 98 valence electrons. The van der Waals surface area contributed by atoms with E-state index in [-0.39, 0.29) is 23.6 Å². The van der Waals surface area contributed by atoms with E-state index in [0.29, 0.717) is 10.0 Å². The van der Waals surface area contributed by atoms with Gasteiger partial charge in [-0.2, -0.15) is 0 Å². The first kappa shape index (κ1) is 13.3. The van der Waals surface area contributed by atoms with Crippen molar-refractivity contribution in [3.05, 3.63) is 32.7 Å². The Balaban J connectivity index is 2.07. The zero-order valence-electron chi connectivity index (χ0n) is 10.1. The van der Waals surface area contributed by atoms with Crippen LogP contribution in [-0.2, 0) is 0 Å². The summed E-state index contributed by atoms with van der Waals surface area (Å²) in [4.78, 5) is 25.8. The van der Waals surface area contributed by atoms with Crippen molar-refractivity contribution < 1.29 is 4.79 Å². The molecule has 0 spiro atoms. The zero-order chi connectivity index (χ0) is 13.1. The van der Waals surface area contributed by atoms with Crippen molar-refractivity contribution in [2.45, 2.75) is 31.8 Å². The molecule has 1 aliphatic rings. The van der Waals surface area contributed by atoms with E-state index in [0.717, 1.165) is 19.4 Å². The number of carbonyl (C=O) groups is 1. The fourth-order valence-corrected chi connectivity index (χ4v) is 2.44. The van der Waals surface area contributed by atoms with Gasteiger partial charge in [0.05, 0.1) is 10.0 Å². The average molecular weight is 314 g/mol. The van der Waals surface area contributed by atoms with Crippen molar-refractivity contribution in [1.82, 2.24) is 15.6 Å². The molecule has 1 aliphatic heterocycles. The highest BCUT2D eigenvalue weighted by Gasteiger charge is 2.22. The van der Waals surface area contributed by atoms with Crippen LogP contribution in [0.3, 0.4) is 0 Å². The van der Waals surface area contributed by atoms with Gasteiger partial charge in [-0.15, -0.1) is 0 Å². The lowest BCUT2D eigenvalue weighted by atomic mass is 9.99. The molecule has 1 aromatic heterocycles. The number of H-pyrrole nitrogens is 1. The molecule has 0 aromatic carbocycles. The van der Waals surface area contributed by atoms with E-state index in [1.165, 1.54) is 12.3 Å². The second kappa shape index (κ2) is 5.67. The number of amides is 1. The quantitative estimate of drug-likeness (QED) is 0.763. The summed E-state index contributed by atoms with van der Waals surface area (Å²) < 4.78 is 0.366. The first-order chi connectivity index (χ1) is 8.58. The van der Waals surface area contributed by atoms with Crippen LogP contribution >= 0.6 is 15.9 Å². The van der Waals surface area contributed by atoms with Crippen LogP contribution in [0, 0.1) is 0 Å². The molecule has 2 unspecified atom stereocenters. The average Bonchev–Trinajstić information content (AvgIpc) is 2.35. The lowest BCUT2D eigenvalue weighted by Gasteiger charge is -2.30. The highest BCUT2D eigenvalue weighted by atomic mass is 79.9. The van der Waals surface area contributed by atoms with E-state index in [2.05, 4.69) is 38.5 Å². The molecule has 18 heavy (non-hydrogen) atoms. The summed E-state index contributed by atoms with van der Waals surface area (Å²) in [5, 5.41) is 6.31. The number of carbonyl (C=O) groups excluding carboxylic acids is 1.